The van der Waals surface area contributed by atoms with Gasteiger partial charge >= 0.3 is 0 Å². The Balaban J connectivity index is 1.35. The van der Waals surface area contributed by atoms with E-state index in [0.717, 1.165) is 26.2 Å². The molecular weight excluding hydrogens is 404 g/mol. The molecule has 2 aromatic rings. The van der Waals surface area contributed by atoms with E-state index >= 15 is 0 Å². The predicted molar refractivity (Wildman–Crippen MR) is 126 cm³/mol. The third-order valence-electron chi connectivity index (χ3n) is 6.58. The summed E-state index contributed by atoms with van der Waals surface area (Å²) in [6.45, 7) is 10.2. The maximum atomic E-state index is 12.7. The van der Waals surface area contributed by atoms with Crippen LogP contribution in [0.4, 0.5) is 5.69 Å². The first-order valence-corrected chi connectivity index (χ1v) is 11.4. The fourth-order valence-electron chi connectivity index (χ4n) is 4.72. The number of anilines is 1. The van der Waals surface area contributed by atoms with Crippen molar-refractivity contribution in [1.82, 2.24) is 15.2 Å². The number of benzene rings is 1. The monoisotopic (exact) mass is 436 g/mol. The van der Waals surface area contributed by atoms with E-state index < -0.39 is 11.5 Å². The van der Waals surface area contributed by atoms with Crippen molar-refractivity contribution in [1.29, 1.82) is 0 Å². The topological polar surface area (TPSA) is 85.5 Å². The number of piperazine rings is 1. The van der Waals surface area contributed by atoms with E-state index in [1.807, 2.05) is 19.9 Å². The molecule has 1 amide bonds. The molecule has 2 N–H and O–H groups in total. The van der Waals surface area contributed by atoms with E-state index in [9.17, 15) is 14.4 Å². The zero-order valence-electron chi connectivity index (χ0n) is 19.1. The standard InChI is InChI=1S/C25H32N4O3/c1-17(28-9-11-29(12-10-28)18-7-5-4-6-8-18)16-26-23(31)20-13-19-21(27-24(20)32)14-25(2,3)15-22(19)30/h4-8,13,17H,9-12,14-16H2,1-3H3,(H,26,31)(H,27,32). The number of aromatic nitrogens is 1. The number of amides is 1. The highest BCUT2D eigenvalue weighted by molar-refractivity contribution is 6.02. The van der Waals surface area contributed by atoms with Crippen molar-refractivity contribution in [3.8, 4) is 0 Å². The maximum absolute atomic E-state index is 12.7. The average Bonchev–Trinajstić information content (AvgIpc) is 2.76. The maximum Gasteiger partial charge on any atom is 0.261 e. The number of fused-ring (bicyclic) bond motifs is 1. The number of hydrogen-bond acceptors (Lipinski definition) is 5. The number of nitrogens with one attached hydrogen (secondary N) is 2. The number of H-pyrrole nitrogens is 1. The van der Waals surface area contributed by atoms with E-state index in [1.54, 1.807) is 0 Å². The number of pyridine rings is 1. The van der Waals surface area contributed by atoms with Crippen LogP contribution in [0.25, 0.3) is 0 Å². The van der Waals surface area contributed by atoms with Gasteiger partial charge in [-0.2, -0.15) is 0 Å². The third kappa shape index (κ3) is 4.78. The molecule has 1 aliphatic carbocycles. The molecule has 1 aliphatic heterocycles. The number of rotatable bonds is 5. The zero-order valence-corrected chi connectivity index (χ0v) is 19.1. The molecule has 2 aliphatic rings. The lowest BCUT2D eigenvalue weighted by atomic mass is 9.75. The highest BCUT2D eigenvalue weighted by atomic mass is 16.2. The molecule has 7 heteroatoms. The van der Waals surface area contributed by atoms with Crippen molar-refractivity contribution in [3.63, 3.8) is 0 Å². The Morgan fingerprint density at radius 1 is 1.09 bits per heavy atom. The Labute approximate surface area is 188 Å². The van der Waals surface area contributed by atoms with Gasteiger partial charge in [0, 0.05) is 62.1 Å². The van der Waals surface area contributed by atoms with Crippen LogP contribution in [-0.4, -0.2) is 60.3 Å². The van der Waals surface area contributed by atoms with Crippen LogP contribution in [0.15, 0.2) is 41.2 Å². The molecule has 170 valence electrons. The molecule has 0 radical (unpaired) electrons. The molecule has 1 fully saturated rings. The van der Waals surface area contributed by atoms with Gasteiger partial charge in [0.15, 0.2) is 5.78 Å². The minimum absolute atomic E-state index is 0.0119. The Bertz CT molecular complexity index is 1050. The molecule has 0 bridgehead atoms. The number of carbonyl (C=O) groups is 2. The van der Waals surface area contributed by atoms with Gasteiger partial charge < -0.3 is 15.2 Å². The molecule has 4 rings (SSSR count). The van der Waals surface area contributed by atoms with E-state index in [-0.39, 0.29) is 22.8 Å². The number of Topliss-reactive ketones (excluding diaryl/α,β-unsaturated/α-hetero) is 1. The van der Waals surface area contributed by atoms with Crippen LogP contribution < -0.4 is 15.8 Å². The summed E-state index contributed by atoms with van der Waals surface area (Å²) in [6.07, 6.45) is 1.04. The summed E-state index contributed by atoms with van der Waals surface area (Å²) >= 11 is 0. The van der Waals surface area contributed by atoms with Gasteiger partial charge in [0.1, 0.15) is 5.56 Å². The summed E-state index contributed by atoms with van der Waals surface area (Å²) in [7, 11) is 0. The molecule has 1 aromatic carbocycles. The van der Waals surface area contributed by atoms with Gasteiger partial charge in [-0.1, -0.05) is 32.0 Å². The van der Waals surface area contributed by atoms with Crippen LogP contribution >= 0.6 is 0 Å². The SMILES string of the molecule is CC(CNC(=O)c1cc2c([nH]c1=O)CC(C)(C)CC2=O)N1CCN(c2ccccc2)CC1. The minimum Gasteiger partial charge on any atom is -0.369 e. The molecule has 7 nitrogen and oxygen atoms in total. The second-order valence-electron chi connectivity index (χ2n) is 9.76. The normalized spacial score (nSPS) is 19.3. The van der Waals surface area contributed by atoms with Gasteiger partial charge in [-0.05, 0) is 37.0 Å². The van der Waals surface area contributed by atoms with Crippen molar-refractivity contribution >= 4 is 17.4 Å². The lowest BCUT2D eigenvalue weighted by Gasteiger charge is -2.39. The van der Waals surface area contributed by atoms with E-state index in [1.165, 1.54) is 11.8 Å². The van der Waals surface area contributed by atoms with Crippen LogP contribution in [0.1, 0.15) is 53.6 Å². The summed E-state index contributed by atoms with van der Waals surface area (Å²) < 4.78 is 0. The number of hydrogen-bond donors (Lipinski definition) is 2. The number of para-hydroxylation sites is 1. The smallest absolute Gasteiger partial charge is 0.261 e. The lowest BCUT2D eigenvalue weighted by molar-refractivity contribution is 0.0910. The van der Waals surface area contributed by atoms with Crippen molar-refractivity contribution < 1.29 is 9.59 Å². The summed E-state index contributed by atoms with van der Waals surface area (Å²) in [5, 5.41) is 2.89. The molecule has 1 atom stereocenters. The summed E-state index contributed by atoms with van der Waals surface area (Å²) in [6, 6.07) is 12.0. The van der Waals surface area contributed by atoms with Crippen LogP contribution in [-0.2, 0) is 6.42 Å². The summed E-state index contributed by atoms with van der Waals surface area (Å²) in [5.41, 5.74) is 1.74. The van der Waals surface area contributed by atoms with Crippen LogP contribution in [0, 0.1) is 5.41 Å². The second kappa shape index (κ2) is 8.90. The molecular formula is C25H32N4O3. The number of nitrogens with zero attached hydrogens (tertiary/aromatic N) is 2. The van der Waals surface area contributed by atoms with Gasteiger partial charge in [-0.15, -0.1) is 0 Å². The summed E-state index contributed by atoms with van der Waals surface area (Å²) in [4.78, 5) is 45.3. The molecule has 32 heavy (non-hydrogen) atoms. The number of carbonyl (C=O) groups excluding carboxylic acids is 2. The number of aromatic amines is 1. The van der Waals surface area contributed by atoms with E-state index in [4.69, 9.17) is 0 Å². The fourth-order valence-corrected chi connectivity index (χ4v) is 4.72. The largest absolute Gasteiger partial charge is 0.369 e. The Kier molecular flexibility index (Phi) is 6.20. The van der Waals surface area contributed by atoms with Crippen molar-refractivity contribution in [3.05, 3.63) is 63.6 Å². The third-order valence-corrected chi connectivity index (χ3v) is 6.58. The first-order valence-electron chi connectivity index (χ1n) is 11.4. The van der Waals surface area contributed by atoms with E-state index in [2.05, 4.69) is 51.3 Å². The Morgan fingerprint density at radius 2 is 1.78 bits per heavy atom. The van der Waals surface area contributed by atoms with Crippen LogP contribution in [0.5, 0.6) is 0 Å². The summed E-state index contributed by atoms with van der Waals surface area (Å²) in [5.74, 6) is -0.451. The lowest BCUT2D eigenvalue weighted by Crippen LogP contribution is -2.52. The van der Waals surface area contributed by atoms with Gasteiger partial charge in [0.05, 0.1) is 0 Å². The molecule has 1 unspecified atom stereocenters. The zero-order chi connectivity index (χ0) is 22.9. The quantitative estimate of drug-likeness (QED) is 0.752. The molecule has 1 aromatic heterocycles. The fraction of sp³-hybridized carbons (Fsp3) is 0.480. The Morgan fingerprint density at radius 3 is 2.47 bits per heavy atom. The first-order chi connectivity index (χ1) is 15.2. The Hall–Kier alpha value is -2.93. The van der Waals surface area contributed by atoms with Crippen molar-refractivity contribution in [2.24, 2.45) is 5.41 Å². The van der Waals surface area contributed by atoms with Crippen LogP contribution in [0.3, 0.4) is 0 Å². The van der Waals surface area contributed by atoms with Crippen molar-refractivity contribution in [2.45, 2.75) is 39.7 Å². The van der Waals surface area contributed by atoms with Gasteiger partial charge in [0.2, 0.25) is 0 Å². The second-order valence-corrected chi connectivity index (χ2v) is 9.76. The van der Waals surface area contributed by atoms with Crippen LogP contribution in [0.2, 0.25) is 0 Å². The molecule has 0 spiro atoms. The van der Waals surface area contributed by atoms with Gasteiger partial charge in [-0.25, -0.2) is 0 Å². The van der Waals surface area contributed by atoms with E-state index in [0.29, 0.717) is 30.6 Å². The predicted octanol–water partition coefficient (Wildman–Crippen LogP) is 2.47. The minimum atomic E-state index is -0.434. The molecule has 2 heterocycles. The highest BCUT2D eigenvalue weighted by Crippen LogP contribution is 2.33. The van der Waals surface area contributed by atoms with Gasteiger partial charge in [-0.3, -0.25) is 19.3 Å². The van der Waals surface area contributed by atoms with Gasteiger partial charge in [0.25, 0.3) is 11.5 Å². The average molecular weight is 437 g/mol. The highest BCUT2D eigenvalue weighted by Gasteiger charge is 2.32. The number of ketones is 1. The van der Waals surface area contributed by atoms with Crippen molar-refractivity contribution in [2.75, 3.05) is 37.6 Å². The molecule has 0 saturated carbocycles. The first kappa shape index (κ1) is 22.3. The molecule has 1 saturated heterocycles.